The van der Waals surface area contributed by atoms with Crippen LogP contribution in [0, 0.1) is 0 Å². The minimum absolute atomic E-state index is 0.133. The topological polar surface area (TPSA) is 21.3 Å². The van der Waals surface area contributed by atoms with Gasteiger partial charge in [0.25, 0.3) is 0 Å². The van der Waals surface area contributed by atoms with Gasteiger partial charge in [0.2, 0.25) is 0 Å². The maximum atomic E-state index is 5.73. The number of halogens is 1. The Labute approximate surface area is 65.5 Å². The first-order chi connectivity index (χ1) is 4.83. The summed E-state index contributed by atoms with van der Waals surface area (Å²) >= 11 is 5.73. The van der Waals surface area contributed by atoms with Crippen molar-refractivity contribution in [3.05, 3.63) is 24.1 Å². The van der Waals surface area contributed by atoms with Gasteiger partial charge in [0.05, 0.1) is 6.61 Å². The van der Waals surface area contributed by atoms with Crippen LogP contribution in [0.5, 0.6) is 0 Å². The summed E-state index contributed by atoms with van der Waals surface area (Å²) in [5, 5.41) is 2.93. The van der Waals surface area contributed by atoms with Crippen molar-refractivity contribution in [3.8, 4) is 0 Å². The monoisotopic (exact) mass is 159 g/mol. The third-order valence-corrected chi connectivity index (χ3v) is 1.36. The molecule has 56 valence electrons. The summed E-state index contributed by atoms with van der Waals surface area (Å²) in [6.45, 7) is 2.60. The van der Waals surface area contributed by atoms with Crippen LogP contribution >= 0.6 is 11.6 Å². The molecule has 0 aromatic rings. The second-order valence-electron chi connectivity index (χ2n) is 1.89. The van der Waals surface area contributed by atoms with Crippen molar-refractivity contribution in [2.75, 3.05) is 6.61 Å². The van der Waals surface area contributed by atoms with Crippen LogP contribution in [0.25, 0.3) is 0 Å². The second kappa shape index (κ2) is 3.52. The molecular formula is C7H10ClNO. The van der Waals surface area contributed by atoms with Gasteiger partial charge in [-0.25, -0.2) is 0 Å². The summed E-state index contributed by atoms with van der Waals surface area (Å²) in [7, 11) is 0. The SMILES string of the molecule is CCOC1=CC=CC(Cl)N1. The standard InChI is InChI=1S/C7H10ClNO/c1-2-10-7-5-3-4-6(8)9-7/h3-6,9H,2H2,1H3. The van der Waals surface area contributed by atoms with Gasteiger partial charge in [0.1, 0.15) is 5.50 Å². The molecule has 10 heavy (non-hydrogen) atoms. The number of hydrogen-bond acceptors (Lipinski definition) is 2. The number of alkyl halides is 1. The Bertz CT molecular complexity index is 165. The third-order valence-electron chi connectivity index (χ3n) is 1.11. The molecule has 1 aliphatic heterocycles. The minimum Gasteiger partial charge on any atom is -0.479 e. The number of hydrogen-bond donors (Lipinski definition) is 1. The van der Waals surface area contributed by atoms with Gasteiger partial charge >= 0.3 is 0 Å². The lowest BCUT2D eigenvalue weighted by Crippen LogP contribution is -2.24. The summed E-state index contributed by atoms with van der Waals surface area (Å²) in [6, 6.07) is 0. The Morgan fingerprint density at radius 2 is 2.60 bits per heavy atom. The van der Waals surface area contributed by atoms with E-state index < -0.39 is 0 Å². The van der Waals surface area contributed by atoms with Gasteiger partial charge in [-0.3, -0.25) is 0 Å². The summed E-state index contributed by atoms with van der Waals surface area (Å²) < 4.78 is 5.17. The Morgan fingerprint density at radius 3 is 3.20 bits per heavy atom. The highest BCUT2D eigenvalue weighted by Crippen LogP contribution is 2.05. The lowest BCUT2D eigenvalue weighted by atomic mass is 10.4. The zero-order valence-electron chi connectivity index (χ0n) is 5.80. The first-order valence-electron chi connectivity index (χ1n) is 3.25. The molecule has 1 heterocycles. The quantitative estimate of drug-likeness (QED) is 0.488. The van der Waals surface area contributed by atoms with E-state index in [1.807, 2.05) is 25.2 Å². The Kier molecular flexibility index (Phi) is 2.63. The molecule has 0 bridgehead atoms. The number of rotatable bonds is 2. The van der Waals surface area contributed by atoms with Crippen LogP contribution in [0.1, 0.15) is 6.92 Å². The van der Waals surface area contributed by atoms with Crippen molar-refractivity contribution in [1.82, 2.24) is 5.32 Å². The molecule has 1 aliphatic rings. The minimum atomic E-state index is -0.133. The molecule has 0 amide bonds. The van der Waals surface area contributed by atoms with Crippen LogP contribution in [0.15, 0.2) is 24.1 Å². The van der Waals surface area contributed by atoms with E-state index in [4.69, 9.17) is 16.3 Å². The van der Waals surface area contributed by atoms with E-state index in [1.165, 1.54) is 0 Å². The van der Waals surface area contributed by atoms with Gasteiger partial charge in [-0.05, 0) is 19.1 Å². The molecule has 1 unspecified atom stereocenters. The van der Waals surface area contributed by atoms with Gasteiger partial charge in [-0.15, -0.1) is 0 Å². The van der Waals surface area contributed by atoms with Crippen molar-refractivity contribution in [2.45, 2.75) is 12.4 Å². The van der Waals surface area contributed by atoms with E-state index in [-0.39, 0.29) is 5.50 Å². The van der Waals surface area contributed by atoms with Crippen LogP contribution in [0.2, 0.25) is 0 Å². The number of nitrogens with one attached hydrogen (secondary N) is 1. The fourth-order valence-corrected chi connectivity index (χ4v) is 0.909. The normalized spacial score (nSPS) is 23.4. The molecule has 0 saturated heterocycles. The highest BCUT2D eigenvalue weighted by molar-refractivity contribution is 6.21. The molecule has 1 N–H and O–H groups in total. The summed E-state index contributed by atoms with van der Waals surface area (Å²) in [5.74, 6) is 0.741. The van der Waals surface area contributed by atoms with Gasteiger partial charge in [0, 0.05) is 0 Å². The van der Waals surface area contributed by atoms with Crippen molar-refractivity contribution in [3.63, 3.8) is 0 Å². The van der Waals surface area contributed by atoms with E-state index in [1.54, 1.807) is 0 Å². The zero-order valence-corrected chi connectivity index (χ0v) is 6.56. The first kappa shape index (κ1) is 7.48. The van der Waals surface area contributed by atoms with E-state index in [0.29, 0.717) is 6.61 Å². The molecule has 1 rings (SSSR count). The highest BCUT2D eigenvalue weighted by Gasteiger charge is 2.04. The van der Waals surface area contributed by atoms with Gasteiger partial charge in [0.15, 0.2) is 5.88 Å². The predicted molar refractivity (Wildman–Crippen MR) is 41.6 cm³/mol. The lowest BCUT2D eigenvalue weighted by Gasteiger charge is -2.15. The van der Waals surface area contributed by atoms with E-state index >= 15 is 0 Å². The predicted octanol–water partition coefficient (Wildman–Crippen LogP) is 1.59. The Hall–Kier alpha value is -0.630. The molecule has 0 aromatic carbocycles. The van der Waals surface area contributed by atoms with E-state index in [0.717, 1.165) is 5.88 Å². The smallest absolute Gasteiger partial charge is 0.187 e. The van der Waals surface area contributed by atoms with Crippen LogP contribution in [-0.4, -0.2) is 12.1 Å². The molecule has 1 atom stereocenters. The molecule has 0 spiro atoms. The van der Waals surface area contributed by atoms with E-state index in [9.17, 15) is 0 Å². The molecule has 0 saturated carbocycles. The third kappa shape index (κ3) is 1.95. The Morgan fingerprint density at radius 1 is 1.80 bits per heavy atom. The molecule has 0 radical (unpaired) electrons. The maximum Gasteiger partial charge on any atom is 0.187 e. The largest absolute Gasteiger partial charge is 0.479 e. The van der Waals surface area contributed by atoms with Crippen molar-refractivity contribution < 1.29 is 4.74 Å². The average Bonchev–Trinajstić information content (AvgIpc) is 1.88. The molecule has 3 heteroatoms. The van der Waals surface area contributed by atoms with Crippen molar-refractivity contribution in [2.24, 2.45) is 0 Å². The van der Waals surface area contributed by atoms with Gasteiger partial charge < -0.3 is 10.1 Å². The van der Waals surface area contributed by atoms with Crippen molar-refractivity contribution in [1.29, 1.82) is 0 Å². The highest BCUT2D eigenvalue weighted by atomic mass is 35.5. The summed E-state index contributed by atoms with van der Waals surface area (Å²) in [6.07, 6.45) is 5.58. The maximum absolute atomic E-state index is 5.73. The average molecular weight is 160 g/mol. The van der Waals surface area contributed by atoms with Gasteiger partial charge in [-0.1, -0.05) is 17.7 Å². The second-order valence-corrected chi connectivity index (χ2v) is 2.37. The molecular weight excluding hydrogens is 150 g/mol. The zero-order chi connectivity index (χ0) is 7.40. The Balaban J connectivity index is 2.45. The lowest BCUT2D eigenvalue weighted by molar-refractivity contribution is 0.205. The molecule has 0 aromatic heterocycles. The number of dihydropyridines is 1. The van der Waals surface area contributed by atoms with Crippen LogP contribution < -0.4 is 5.32 Å². The fourth-order valence-electron chi connectivity index (χ4n) is 0.718. The van der Waals surface area contributed by atoms with Crippen molar-refractivity contribution >= 4 is 11.6 Å². The number of ether oxygens (including phenoxy) is 1. The fraction of sp³-hybridized carbons (Fsp3) is 0.429. The van der Waals surface area contributed by atoms with Crippen LogP contribution in [0.3, 0.4) is 0 Å². The molecule has 0 aliphatic carbocycles. The van der Waals surface area contributed by atoms with Crippen LogP contribution in [-0.2, 0) is 4.74 Å². The van der Waals surface area contributed by atoms with Crippen LogP contribution in [0.4, 0.5) is 0 Å². The molecule has 2 nitrogen and oxygen atoms in total. The summed E-state index contributed by atoms with van der Waals surface area (Å²) in [4.78, 5) is 0. The van der Waals surface area contributed by atoms with E-state index in [2.05, 4.69) is 5.32 Å². The number of allylic oxidation sites excluding steroid dienone is 2. The molecule has 0 fully saturated rings. The van der Waals surface area contributed by atoms with Gasteiger partial charge in [-0.2, -0.15) is 0 Å². The summed E-state index contributed by atoms with van der Waals surface area (Å²) in [5.41, 5.74) is -0.133. The first-order valence-corrected chi connectivity index (χ1v) is 3.68.